The predicted molar refractivity (Wildman–Crippen MR) is 127 cm³/mol. The van der Waals surface area contributed by atoms with E-state index in [1.54, 1.807) is 24.9 Å². The number of rotatable bonds is 5. The minimum absolute atomic E-state index is 0.0568. The number of benzene rings is 2. The van der Waals surface area contributed by atoms with Gasteiger partial charge in [-0.05, 0) is 42.5 Å². The number of piperazine rings is 1. The molecule has 0 unspecified atom stereocenters. The summed E-state index contributed by atoms with van der Waals surface area (Å²) in [7, 11) is 3.29. The highest BCUT2D eigenvalue weighted by Gasteiger charge is 2.30. The zero-order valence-corrected chi connectivity index (χ0v) is 20.1. The fourth-order valence-corrected chi connectivity index (χ4v) is 4.57. The van der Waals surface area contributed by atoms with Crippen LogP contribution < -0.4 is 15.2 Å². The lowest BCUT2D eigenvalue weighted by Crippen LogP contribution is -2.46. The van der Waals surface area contributed by atoms with Crippen molar-refractivity contribution in [3.63, 3.8) is 0 Å². The molecule has 0 radical (unpaired) electrons. The zero-order chi connectivity index (χ0) is 24.6. The van der Waals surface area contributed by atoms with E-state index in [1.165, 1.54) is 16.8 Å². The van der Waals surface area contributed by atoms with Gasteiger partial charge in [0.1, 0.15) is 10.8 Å². The van der Waals surface area contributed by atoms with Gasteiger partial charge < -0.3 is 9.64 Å². The van der Waals surface area contributed by atoms with Crippen molar-refractivity contribution >= 4 is 28.9 Å². The number of alkyl halides is 3. The van der Waals surface area contributed by atoms with Gasteiger partial charge in [0.05, 0.1) is 29.7 Å². The fourth-order valence-electron chi connectivity index (χ4n) is 4.14. The Morgan fingerprint density at radius 3 is 2.24 bits per heavy atom. The summed E-state index contributed by atoms with van der Waals surface area (Å²) < 4.78 is 47.0. The first-order valence-electron chi connectivity index (χ1n) is 10.5. The molecule has 3 aromatic rings. The number of hydrogen-bond donors (Lipinski definition) is 0. The molecule has 34 heavy (non-hydrogen) atoms. The van der Waals surface area contributed by atoms with Crippen LogP contribution in [0, 0.1) is 0 Å². The SMILES string of the molecule is COc1ccc(Cl)cc1N1CCN(Cc2c(Cl)c(=O)n(-c3ccc(C(F)(F)F)cc3)n2C)CC1. The molecular weight excluding hydrogens is 492 g/mol. The smallest absolute Gasteiger partial charge is 0.416 e. The van der Waals surface area contributed by atoms with Gasteiger partial charge >= 0.3 is 6.18 Å². The van der Waals surface area contributed by atoms with Gasteiger partial charge in [-0.25, -0.2) is 4.68 Å². The first kappa shape index (κ1) is 24.5. The van der Waals surface area contributed by atoms with E-state index in [0.717, 1.165) is 36.7 Å². The third-order valence-electron chi connectivity index (χ3n) is 5.99. The number of halogens is 5. The maximum Gasteiger partial charge on any atom is 0.416 e. The highest BCUT2D eigenvalue weighted by atomic mass is 35.5. The van der Waals surface area contributed by atoms with Crippen LogP contribution in [0.2, 0.25) is 10.0 Å². The molecule has 0 amide bonds. The molecule has 182 valence electrons. The van der Waals surface area contributed by atoms with Crippen molar-refractivity contribution in [1.82, 2.24) is 14.3 Å². The van der Waals surface area contributed by atoms with Crippen molar-refractivity contribution < 1.29 is 17.9 Å². The molecule has 1 aromatic heterocycles. The van der Waals surface area contributed by atoms with E-state index in [2.05, 4.69) is 9.80 Å². The maximum atomic E-state index is 12.9. The first-order valence-corrected chi connectivity index (χ1v) is 11.3. The van der Waals surface area contributed by atoms with Gasteiger partial charge in [-0.2, -0.15) is 13.2 Å². The van der Waals surface area contributed by atoms with Gasteiger partial charge in [0.2, 0.25) is 0 Å². The second-order valence-corrected chi connectivity index (χ2v) is 8.84. The minimum atomic E-state index is -4.45. The molecule has 2 aromatic carbocycles. The Morgan fingerprint density at radius 1 is 1.00 bits per heavy atom. The van der Waals surface area contributed by atoms with Crippen LogP contribution in [0.3, 0.4) is 0 Å². The maximum absolute atomic E-state index is 12.9. The van der Waals surface area contributed by atoms with E-state index in [0.29, 0.717) is 36.0 Å². The number of ether oxygens (including phenoxy) is 1. The van der Waals surface area contributed by atoms with Crippen molar-refractivity contribution in [3.8, 4) is 11.4 Å². The summed E-state index contributed by atoms with van der Waals surface area (Å²) >= 11 is 12.5. The summed E-state index contributed by atoms with van der Waals surface area (Å²) in [5, 5.41) is 0.686. The van der Waals surface area contributed by atoms with Crippen molar-refractivity contribution in [2.75, 3.05) is 38.2 Å². The molecule has 6 nitrogen and oxygen atoms in total. The van der Waals surface area contributed by atoms with E-state index in [-0.39, 0.29) is 5.02 Å². The van der Waals surface area contributed by atoms with Crippen LogP contribution in [-0.4, -0.2) is 47.6 Å². The van der Waals surface area contributed by atoms with Crippen LogP contribution in [0.1, 0.15) is 11.3 Å². The van der Waals surface area contributed by atoms with Crippen LogP contribution in [-0.2, 0) is 19.8 Å². The fraction of sp³-hybridized carbons (Fsp3) is 0.348. The quantitative estimate of drug-likeness (QED) is 0.489. The first-order chi connectivity index (χ1) is 16.1. The van der Waals surface area contributed by atoms with E-state index in [4.69, 9.17) is 27.9 Å². The van der Waals surface area contributed by atoms with E-state index >= 15 is 0 Å². The van der Waals surface area contributed by atoms with Crippen molar-refractivity contribution in [1.29, 1.82) is 0 Å². The molecule has 11 heteroatoms. The molecule has 0 spiro atoms. The van der Waals surface area contributed by atoms with Crippen LogP contribution >= 0.6 is 23.2 Å². The lowest BCUT2D eigenvalue weighted by molar-refractivity contribution is -0.137. The Labute approximate surface area is 204 Å². The lowest BCUT2D eigenvalue weighted by Gasteiger charge is -2.36. The average molecular weight is 515 g/mol. The third kappa shape index (κ3) is 4.78. The summed E-state index contributed by atoms with van der Waals surface area (Å²) in [5.74, 6) is 0.747. The molecule has 1 saturated heterocycles. The molecule has 0 N–H and O–H groups in total. The van der Waals surface area contributed by atoms with Crippen LogP contribution in [0.5, 0.6) is 5.75 Å². The zero-order valence-electron chi connectivity index (χ0n) is 18.6. The highest BCUT2D eigenvalue weighted by molar-refractivity contribution is 6.31. The Hall–Kier alpha value is -2.62. The molecule has 0 aliphatic carbocycles. The van der Waals surface area contributed by atoms with Crippen molar-refractivity contribution in [2.24, 2.45) is 7.05 Å². The van der Waals surface area contributed by atoms with E-state index in [1.807, 2.05) is 12.1 Å². The highest BCUT2D eigenvalue weighted by Crippen LogP contribution is 2.32. The number of hydrogen-bond acceptors (Lipinski definition) is 4. The van der Waals surface area contributed by atoms with Gasteiger partial charge in [-0.15, -0.1) is 0 Å². The lowest BCUT2D eigenvalue weighted by atomic mass is 10.2. The summed E-state index contributed by atoms with van der Waals surface area (Å²) in [6.45, 7) is 3.31. The Balaban J connectivity index is 1.51. The second kappa shape index (κ2) is 9.56. The summed E-state index contributed by atoms with van der Waals surface area (Å²) in [4.78, 5) is 17.2. The molecule has 1 aliphatic heterocycles. The monoisotopic (exact) mass is 514 g/mol. The van der Waals surface area contributed by atoms with Gasteiger partial charge in [-0.3, -0.25) is 14.4 Å². The largest absolute Gasteiger partial charge is 0.495 e. The van der Waals surface area contributed by atoms with Gasteiger partial charge in [0.25, 0.3) is 5.56 Å². The number of anilines is 1. The number of methoxy groups -OCH3 is 1. The molecular formula is C23H23Cl2F3N4O2. The standard InChI is InChI=1S/C23H23Cl2F3N4O2/c1-29-19(21(25)22(33)32(29)17-6-3-15(4-7-17)23(26,27)28)14-30-9-11-31(12-10-30)18-13-16(24)5-8-20(18)34-2/h3-8,13H,9-12,14H2,1-2H3. The van der Waals surface area contributed by atoms with Crippen molar-refractivity contribution in [3.05, 3.63) is 74.1 Å². The number of nitrogens with zero attached hydrogens (tertiary/aromatic N) is 4. The van der Waals surface area contributed by atoms with Gasteiger partial charge in [0, 0.05) is 44.8 Å². The van der Waals surface area contributed by atoms with Crippen LogP contribution in [0.4, 0.5) is 18.9 Å². The molecule has 0 saturated carbocycles. The molecule has 0 bridgehead atoms. The Kier molecular flexibility index (Phi) is 6.89. The molecule has 1 aliphatic rings. The minimum Gasteiger partial charge on any atom is -0.495 e. The summed E-state index contributed by atoms with van der Waals surface area (Å²) in [6, 6.07) is 9.93. The topological polar surface area (TPSA) is 42.6 Å². The predicted octanol–water partition coefficient (Wildman–Crippen LogP) is 4.83. The Morgan fingerprint density at radius 2 is 1.65 bits per heavy atom. The third-order valence-corrected chi connectivity index (χ3v) is 6.61. The van der Waals surface area contributed by atoms with E-state index in [9.17, 15) is 18.0 Å². The van der Waals surface area contributed by atoms with E-state index < -0.39 is 17.3 Å². The molecule has 0 atom stereocenters. The second-order valence-electron chi connectivity index (χ2n) is 8.03. The molecule has 2 heterocycles. The van der Waals surface area contributed by atoms with Crippen molar-refractivity contribution in [2.45, 2.75) is 12.7 Å². The molecule has 4 rings (SSSR count). The Bertz CT molecular complexity index is 1230. The van der Waals surface area contributed by atoms with Crippen LogP contribution in [0.15, 0.2) is 47.3 Å². The molecule has 1 fully saturated rings. The summed E-state index contributed by atoms with van der Waals surface area (Å²) in [5.41, 5.74) is 0.584. The van der Waals surface area contributed by atoms with Gasteiger partial charge in [-0.1, -0.05) is 23.2 Å². The van der Waals surface area contributed by atoms with Gasteiger partial charge in [0.15, 0.2) is 0 Å². The van der Waals surface area contributed by atoms with Crippen LogP contribution in [0.25, 0.3) is 5.69 Å². The average Bonchev–Trinajstić information content (AvgIpc) is 3.02. The normalized spacial score (nSPS) is 15.1. The number of aromatic nitrogens is 2. The summed E-state index contributed by atoms with van der Waals surface area (Å²) in [6.07, 6.45) is -4.45.